The lowest BCUT2D eigenvalue weighted by Gasteiger charge is -2.04. The second-order valence-electron chi connectivity index (χ2n) is 5.54. The summed E-state index contributed by atoms with van der Waals surface area (Å²) in [7, 11) is -3.82. The van der Waals surface area contributed by atoms with E-state index in [1.165, 1.54) is 18.2 Å². The fraction of sp³-hybridized carbons (Fsp3) is 0.0500. The molecule has 0 N–H and O–H groups in total. The third-order valence-electron chi connectivity index (χ3n) is 3.80. The minimum absolute atomic E-state index is 0.127. The Hall–Kier alpha value is -2.90. The van der Waals surface area contributed by atoms with E-state index in [-0.39, 0.29) is 9.80 Å². The molecular weight excluding hydrogens is 318 g/mol. The molecule has 0 heterocycles. The Morgan fingerprint density at radius 2 is 1.62 bits per heavy atom. The predicted molar refractivity (Wildman–Crippen MR) is 95.9 cm³/mol. The number of benzene rings is 3. The highest BCUT2D eigenvalue weighted by Gasteiger charge is 2.20. The standard InChI is InChI=1S/C20H15NO2S/c1-15-6-10-19(11-7-15)24(22,23)20(14-21)13-16-8-9-17-4-2-3-5-18(17)12-16/h2-13H,1H3/b20-13+. The number of fused-ring (bicyclic) bond motifs is 1. The first-order chi connectivity index (χ1) is 11.5. The average Bonchev–Trinajstić information content (AvgIpc) is 2.59. The van der Waals surface area contributed by atoms with Gasteiger partial charge in [-0.05, 0) is 47.5 Å². The van der Waals surface area contributed by atoms with Crippen LogP contribution in [0.5, 0.6) is 0 Å². The van der Waals surface area contributed by atoms with Gasteiger partial charge in [0.15, 0.2) is 0 Å². The molecule has 0 unspecified atom stereocenters. The van der Waals surface area contributed by atoms with Crippen LogP contribution in [0.1, 0.15) is 11.1 Å². The molecule has 0 aromatic heterocycles. The third kappa shape index (κ3) is 3.08. The Labute approximate surface area is 141 Å². The summed E-state index contributed by atoms with van der Waals surface area (Å²) in [4.78, 5) is -0.136. The van der Waals surface area contributed by atoms with Gasteiger partial charge in [-0.3, -0.25) is 0 Å². The summed E-state index contributed by atoms with van der Waals surface area (Å²) in [6.07, 6.45) is 1.42. The van der Waals surface area contributed by atoms with Gasteiger partial charge < -0.3 is 0 Å². The van der Waals surface area contributed by atoms with E-state index in [0.717, 1.165) is 16.3 Å². The fourth-order valence-electron chi connectivity index (χ4n) is 2.46. The topological polar surface area (TPSA) is 57.9 Å². The van der Waals surface area contributed by atoms with E-state index < -0.39 is 9.84 Å². The van der Waals surface area contributed by atoms with Crippen molar-refractivity contribution in [3.05, 3.63) is 82.8 Å². The molecule has 3 aromatic rings. The van der Waals surface area contributed by atoms with E-state index in [1.54, 1.807) is 12.1 Å². The maximum atomic E-state index is 12.7. The van der Waals surface area contributed by atoms with Gasteiger partial charge >= 0.3 is 0 Å². The summed E-state index contributed by atoms with van der Waals surface area (Å²) in [6.45, 7) is 1.88. The van der Waals surface area contributed by atoms with E-state index in [4.69, 9.17) is 0 Å². The highest BCUT2D eigenvalue weighted by molar-refractivity contribution is 7.95. The number of rotatable bonds is 3. The number of hydrogen-bond acceptors (Lipinski definition) is 3. The molecule has 118 valence electrons. The highest BCUT2D eigenvalue weighted by Crippen LogP contribution is 2.23. The van der Waals surface area contributed by atoms with Crippen LogP contribution in [0.2, 0.25) is 0 Å². The fourth-order valence-corrected chi connectivity index (χ4v) is 3.62. The van der Waals surface area contributed by atoms with Crippen LogP contribution in [-0.4, -0.2) is 8.42 Å². The van der Waals surface area contributed by atoms with E-state index in [0.29, 0.717) is 5.56 Å². The smallest absolute Gasteiger partial charge is 0.216 e. The summed E-state index contributed by atoms with van der Waals surface area (Å²) in [5.41, 5.74) is 1.65. The van der Waals surface area contributed by atoms with Gasteiger partial charge in [0.25, 0.3) is 0 Å². The van der Waals surface area contributed by atoms with Gasteiger partial charge in [-0.2, -0.15) is 5.26 Å². The molecule has 24 heavy (non-hydrogen) atoms. The molecule has 0 radical (unpaired) electrons. The van der Waals surface area contributed by atoms with Gasteiger partial charge in [0.1, 0.15) is 11.0 Å². The Morgan fingerprint density at radius 3 is 2.29 bits per heavy atom. The van der Waals surface area contributed by atoms with Crippen molar-refractivity contribution in [3.63, 3.8) is 0 Å². The van der Waals surface area contributed by atoms with E-state index in [1.807, 2.05) is 55.5 Å². The lowest BCUT2D eigenvalue weighted by molar-refractivity contribution is 0.603. The molecule has 0 spiro atoms. The summed E-state index contributed by atoms with van der Waals surface area (Å²) >= 11 is 0. The first kappa shape index (κ1) is 16.0. The van der Waals surface area contributed by atoms with Gasteiger partial charge in [0.2, 0.25) is 9.84 Å². The van der Waals surface area contributed by atoms with Gasteiger partial charge in [0, 0.05) is 0 Å². The van der Waals surface area contributed by atoms with Crippen LogP contribution in [0, 0.1) is 18.3 Å². The summed E-state index contributed by atoms with van der Waals surface area (Å²) in [6, 6.07) is 21.7. The molecule has 0 aliphatic carbocycles. The Morgan fingerprint density at radius 1 is 0.958 bits per heavy atom. The molecule has 3 aromatic carbocycles. The lowest BCUT2D eigenvalue weighted by Crippen LogP contribution is -2.03. The molecular formula is C20H15NO2S. The van der Waals surface area contributed by atoms with Crippen molar-refractivity contribution >= 4 is 26.7 Å². The maximum Gasteiger partial charge on any atom is 0.216 e. The number of allylic oxidation sites excluding steroid dienone is 1. The van der Waals surface area contributed by atoms with Crippen LogP contribution in [0.15, 0.2) is 76.5 Å². The molecule has 0 bridgehead atoms. The molecule has 3 nitrogen and oxygen atoms in total. The third-order valence-corrected chi connectivity index (χ3v) is 5.48. The molecule has 3 rings (SSSR count). The first-order valence-corrected chi connectivity index (χ1v) is 8.91. The quantitative estimate of drug-likeness (QED) is 0.664. The van der Waals surface area contributed by atoms with Gasteiger partial charge in [-0.1, -0.05) is 54.1 Å². The van der Waals surface area contributed by atoms with Crippen molar-refractivity contribution in [2.45, 2.75) is 11.8 Å². The molecule has 4 heteroatoms. The van der Waals surface area contributed by atoms with Crippen molar-refractivity contribution in [1.29, 1.82) is 5.26 Å². The van der Waals surface area contributed by atoms with E-state index in [9.17, 15) is 13.7 Å². The zero-order valence-electron chi connectivity index (χ0n) is 13.1. The lowest BCUT2D eigenvalue weighted by atomic mass is 10.1. The van der Waals surface area contributed by atoms with Crippen LogP contribution in [-0.2, 0) is 9.84 Å². The Bertz CT molecular complexity index is 1070. The minimum atomic E-state index is -3.82. The number of hydrogen-bond donors (Lipinski definition) is 0. The predicted octanol–water partition coefficient (Wildman–Crippen LogP) is 4.49. The average molecular weight is 333 g/mol. The molecule has 0 fully saturated rings. The summed E-state index contributed by atoms with van der Waals surface area (Å²) in [5.74, 6) is 0. The van der Waals surface area contributed by atoms with E-state index >= 15 is 0 Å². The van der Waals surface area contributed by atoms with Crippen LogP contribution in [0.3, 0.4) is 0 Å². The Balaban J connectivity index is 2.07. The Kier molecular flexibility index (Phi) is 4.20. The zero-order chi connectivity index (χ0) is 17.2. The van der Waals surface area contributed by atoms with Crippen LogP contribution < -0.4 is 0 Å². The second kappa shape index (κ2) is 6.31. The van der Waals surface area contributed by atoms with E-state index in [2.05, 4.69) is 0 Å². The number of nitriles is 1. The van der Waals surface area contributed by atoms with Crippen LogP contribution in [0.25, 0.3) is 16.8 Å². The highest BCUT2D eigenvalue weighted by atomic mass is 32.2. The van der Waals surface area contributed by atoms with Gasteiger partial charge in [-0.25, -0.2) is 8.42 Å². The molecule has 0 saturated carbocycles. The summed E-state index contributed by atoms with van der Waals surface area (Å²) < 4.78 is 25.3. The second-order valence-corrected chi connectivity index (χ2v) is 7.46. The van der Waals surface area contributed by atoms with Gasteiger partial charge in [0.05, 0.1) is 4.90 Å². The number of aryl methyl sites for hydroxylation is 1. The molecule has 0 atom stereocenters. The van der Waals surface area contributed by atoms with Crippen molar-refractivity contribution in [2.24, 2.45) is 0 Å². The molecule has 0 amide bonds. The monoisotopic (exact) mass is 333 g/mol. The SMILES string of the molecule is Cc1ccc(S(=O)(=O)/C(C#N)=C/c2ccc3ccccc3c2)cc1. The number of nitrogens with zero attached hydrogens (tertiary/aromatic N) is 1. The largest absolute Gasteiger partial charge is 0.218 e. The first-order valence-electron chi connectivity index (χ1n) is 7.43. The number of sulfone groups is 1. The van der Waals surface area contributed by atoms with Crippen molar-refractivity contribution in [3.8, 4) is 6.07 Å². The maximum absolute atomic E-state index is 12.7. The zero-order valence-corrected chi connectivity index (χ0v) is 13.9. The molecule has 0 aliphatic heterocycles. The van der Waals surface area contributed by atoms with Crippen molar-refractivity contribution in [2.75, 3.05) is 0 Å². The molecule has 0 aliphatic rings. The summed E-state index contributed by atoms with van der Waals surface area (Å²) in [5, 5.41) is 11.4. The molecule has 0 saturated heterocycles. The van der Waals surface area contributed by atoms with Crippen molar-refractivity contribution < 1.29 is 8.42 Å². The minimum Gasteiger partial charge on any atom is -0.218 e. The van der Waals surface area contributed by atoms with Crippen LogP contribution >= 0.6 is 0 Å². The normalized spacial score (nSPS) is 12.1. The van der Waals surface area contributed by atoms with Crippen LogP contribution in [0.4, 0.5) is 0 Å². The van der Waals surface area contributed by atoms with Gasteiger partial charge in [-0.15, -0.1) is 0 Å². The van der Waals surface area contributed by atoms with Crippen molar-refractivity contribution in [1.82, 2.24) is 0 Å².